The summed E-state index contributed by atoms with van der Waals surface area (Å²) in [6.45, 7) is 4.28. The summed E-state index contributed by atoms with van der Waals surface area (Å²) < 4.78 is 1.79. The van der Waals surface area contributed by atoms with Crippen LogP contribution in [0.1, 0.15) is 45.0 Å². The maximum absolute atomic E-state index is 12.6. The molecule has 2 amide bonds. The van der Waals surface area contributed by atoms with Gasteiger partial charge in [0.25, 0.3) is 5.91 Å². The molecule has 0 bridgehead atoms. The van der Waals surface area contributed by atoms with E-state index < -0.39 is 0 Å². The number of hydrogen-bond acceptors (Lipinski definition) is 5. The van der Waals surface area contributed by atoms with Gasteiger partial charge in [-0.05, 0) is 74.0 Å². The molecule has 0 aliphatic carbocycles. The molecule has 3 aromatic heterocycles. The molecule has 0 unspecified atom stereocenters. The molecule has 4 aromatic rings. The smallest absolute Gasteiger partial charge is 0.251 e. The average Bonchev–Trinajstić information content (AvgIpc) is 3.47. The molecule has 8 heteroatoms. The van der Waals surface area contributed by atoms with Crippen molar-refractivity contribution in [2.45, 2.75) is 39.7 Å². The average molecular weight is 474 g/mol. The van der Waals surface area contributed by atoms with E-state index in [0.717, 1.165) is 35.6 Å². The molecular formula is C26H27N5O2S. The molecule has 0 atom stereocenters. The maximum atomic E-state index is 12.6. The van der Waals surface area contributed by atoms with Crippen molar-refractivity contribution in [1.29, 1.82) is 0 Å². The Balaban J connectivity index is 1.28. The number of hydrogen-bond donors (Lipinski definition) is 2. The van der Waals surface area contributed by atoms with E-state index in [0.29, 0.717) is 24.2 Å². The lowest BCUT2D eigenvalue weighted by atomic mass is 10.1. The molecular weight excluding hydrogens is 446 g/mol. The minimum Gasteiger partial charge on any atom is -0.348 e. The fourth-order valence-electron chi connectivity index (χ4n) is 3.63. The van der Waals surface area contributed by atoms with Crippen LogP contribution in [0, 0.1) is 13.8 Å². The van der Waals surface area contributed by atoms with Crippen LogP contribution in [0.5, 0.6) is 0 Å². The maximum Gasteiger partial charge on any atom is 0.251 e. The molecule has 7 nitrogen and oxygen atoms in total. The molecule has 4 rings (SSSR count). The van der Waals surface area contributed by atoms with Gasteiger partial charge in [-0.25, -0.2) is 9.67 Å². The van der Waals surface area contributed by atoms with Crippen molar-refractivity contribution in [3.05, 3.63) is 93.6 Å². The number of nitrogens with zero attached hydrogens (tertiary/aromatic N) is 3. The van der Waals surface area contributed by atoms with Gasteiger partial charge in [0, 0.05) is 41.0 Å². The number of pyridine rings is 1. The van der Waals surface area contributed by atoms with Gasteiger partial charge in [-0.3, -0.25) is 9.59 Å². The van der Waals surface area contributed by atoms with Crippen LogP contribution in [-0.2, 0) is 17.8 Å². The molecule has 0 spiro atoms. The van der Waals surface area contributed by atoms with Crippen molar-refractivity contribution in [2.75, 3.05) is 5.32 Å². The fourth-order valence-corrected chi connectivity index (χ4v) is 4.38. The Kier molecular flexibility index (Phi) is 7.49. The lowest BCUT2D eigenvalue weighted by Gasteiger charge is -2.09. The van der Waals surface area contributed by atoms with Crippen LogP contribution in [-0.4, -0.2) is 26.6 Å². The SMILES string of the molecule is Cc1cc(C)n(-c2ccc(CNC(=O)c3cccc(NC(=O)CCCc4cccs4)c3)cn2)n1. The van der Waals surface area contributed by atoms with Crippen molar-refractivity contribution in [1.82, 2.24) is 20.1 Å². The van der Waals surface area contributed by atoms with Crippen molar-refractivity contribution in [3.8, 4) is 5.82 Å². The lowest BCUT2D eigenvalue weighted by Crippen LogP contribution is -2.23. The van der Waals surface area contributed by atoms with Crippen LogP contribution in [0.2, 0.25) is 0 Å². The topological polar surface area (TPSA) is 88.9 Å². The van der Waals surface area contributed by atoms with E-state index in [9.17, 15) is 9.59 Å². The molecule has 0 saturated heterocycles. The summed E-state index contributed by atoms with van der Waals surface area (Å²) in [5, 5.41) is 12.3. The van der Waals surface area contributed by atoms with E-state index in [4.69, 9.17) is 0 Å². The number of carbonyl (C=O) groups is 2. The van der Waals surface area contributed by atoms with Crippen molar-refractivity contribution in [2.24, 2.45) is 0 Å². The first-order valence-electron chi connectivity index (χ1n) is 11.2. The second-order valence-corrected chi connectivity index (χ2v) is 9.14. The number of benzene rings is 1. The van der Waals surface area contributed by atoms with E-state index in [1.54, 1.807) is 46.5 Å². The van der Waals surface area contributed by atoms with Gasteiger partial charge < -0.3 is 10.6 Å². The Bertz CT molecular complexity index is 1260. The molecule has 0 radical (unpaired) electrons. The summed E-state index contributed by atoms with van der Waals surface area (Å²) >= 11 is 1.70. The predicted molar refractivity (Wildman–Crippen MR) is 134 cm³/mol. The first-order chi connectivity index (χ1) is 16.5. The first-order valence-corrected chi connectivity index (χ1v) is 12.0. The number of rotatable bonds is 9. The Hall–Kier alpha value is -3.78. The summed E-state index contributed by atoms with van der Waals surface area (Å²) in [6, 6.07) is 16.9. The van der Waals surface area contributed by atoms with E-state index >= 15 is 0 Å². The molecule has 3 heterocycles. The van der Waals surface area contributed by atoms with Gasteiger partial charge in [0.05, 0.1) is 5.69 Å². The third-order valence-electron chi connectivity index (χ3n) is 5.30. The number of aromatic nitrogens is 3. The minimum absolute atomic E-state index is 0.0529. The number of anilines is 1. The van der Waals surface area contributed by atoms with Crippen molar-refractivity contribution >= 4 is 28.8 Å². The van der Waals surface area contributed by atoms with Crippen LogP contribution < -0.4 is 10.6 Å². The van der Waals surface area contributed by atoms with Crippen molar-refractivity contribution < 1.29 is 9.59 Å². The molecule has 174 valence electrons. The highest BCUT2D eigenvalue weighted by Gasteiger charge is 2.09. The van der Waals surface area contributed by atoms with Crippen LogP contribution in [0.4, 0.5) is 5.69 Å². The molecule has 1 aromatic carbocycles. The van der Waals surface area contributed by atoms with Crippen LogP contribution in [0.15, 0.2) is 66.2 Å². The number of nitrogens with one attached hydrogen (secondary N) is 2. The minimum atomic E-state index is -0.212. The highest BCUT2D eigenvalue weighted by Crippen LogP contribution is 2.15. The quantitative estimate of drug-likeness (QED) is 0.364. The van der Waals surface area contributed by atoms with Crippen LogP contribution in [0.3, 0.4) is 0 Å². The molecule has 0 fully saturated rings. The molecule has 0 saturated carbocycles. The molecule has 2 N–H and O–H groups in total. The van der Waals surface area contributed by atoms with Gasteiger partial charge in [0.1, 0.15) is 0 Å². The monoisotopic (exact) mass is 473 g/mol. The van der Waals surface area contributed by atoms with E-state index in [2.05, 4.69) is 26.8 Å². The highest BCUT2D eigenvalue weighted by molar-refractivity contribution is 7.09. The number of amides is 2. The van der Waals surface area contributed by atoms with Gasteiger partial charge in [-0.1, -0.05) is 18.2 Å². The fraction of sp³-hybridized carbons (Fsp3) is 0.231. The van der Waals surface area contributed by atoms with Crippen LogP contribution >= 0.6 is 11.3 Å². The zero-order chi connectivity index (χ0) is 23.9. The van der Waals surface area contributed by atoms with Gasteiger partial charge in [-0.15, -0.1) is 11.3 Å². The van der Waals surface area contributed by atoms with Crippen LogP contribution in [0.25, 0.3) is 5.82 Å². The van der Waals surface area contributed by atoms with Gasteiger partial charge in [-0.2, -0.15) is 5.10 Å². The molecule has 0 aliphatic heterocycles. The Morgan fingerprint density at radius 1 is 1.06 bits per heavy atom. The summed E-state index contributed by atoms with van der Waals surface area (Å²) in [6.07, 6.45) is 3.86. The van der Waals surface area contributed by atoms with E-state index in [1.807, 2.05) is 43.5 Å². The Morgan fingerprint density at radius 2 is 1.94 bits per heavy atom. The standard InChI is InChI=1S/C26H27N5O2S/c1-18-14-19(2)31(30-18)24-12-11-20(16-27-24)17-28-26(33)21-6-3-7-22(15-21)29-25(32)10-4-8-23-9-5-13-34-23/h3,5-7,9,11-16H,4,8,10,17H2,1-2H3,(H,28,33)(H,29,32). The zero-order valence-electron chi connectivity index (χ0n) is 19.2. The largest absolute Gasteiger partial charge is 0.348 e. The predicted octanol–water partition coefficient (Wildman–Crippen LogP) is 4.84. The highest BCUT2D eigenvalue weighted by atomic mass is 32.1. The second kappa shape index (κ2) is 10.9. The summed E-state index contributed by atoms with van der Waals surface area (Å²) in [5.41, 5.74) is 3.94. The normalized spacial score (nSPS) is 10.8. The number of thiophene rings is 1. The van der Waals surface area contributed by atoms with Gasteiger partial charge in [0.15, 0.2) is 5.82 Å². The first kappa shape index (κ1) is 23.4. The summed E-state index contributed by atoms with van der Waals surface area (Å²) in [4.78, 5) is 30.6. The van der Waals surface area contributed by atoms with Crippen molar-refractivity contribution in [3.63, 3.8) is 0 Å². The Labute approximate surface area is 202 Å². The molecule has 34 heavy (non-hydrogen) atoms. The van der Waals surface area contributed by atoms with Gasteiger partial charge >= 0.3 is 0 Å². The number of aryl methyl sites for hydroxylation is 3. The Morgan fingerprint density at radius 3 is 2.65 bits per heavy atom. The third kappa shape index (κ3) is 6.17. The second-order valence-electron chi connectivity index (χ2n) is 8.11. The van der Waals surface area contributed by atoms with Gasteiger partial charge in [0.2, 0.25) is 5.91 Å². The number of carbonyl (C=O) groups excluding carboxylic acids is 2. The zero-order valence-corrected chi connectivity index (χ0v) is 20.1. The molecule has 0 aliphatic rings. The third-order valence-corrected chi connectivity index (χ3v) is 6.24. The van der Waals surface area contributed by atoms with E-state index in [1.165, 1.54) is 4.88 Å². The summed E-state index contributed by atoms with van der Waals surface area (Å²) in [7, 11) is 0. The lowest BCUT2D eigenvalue weighted by molar-refractivity contribution is -0.116. The van der Waals surface area contributed by atoms with E-state index in [-0.39, 0.29) is 11.8 Å². The summed E-state index contributed by atoms with van der Waals surface area (Å²) in [5.74, 6) is 0.471.